The van der Waals surface area contributed by atoms with Crippen LogP contribution in [0.25, 0.3) is 0 Å². The van der Waals surface area contributed by atoms with E-state index >= 15 is 0 Å². The Kier molecular flexibility index (Phi) is 8.88. The molecule has 1 aliphatic rings. The van der Waals surface area contributed by atoms with E-state index in [2.05, 4.69) is 5.32 Å². The first kappa shape index (κ1) is 26.6. The quantitative estimate of drug-likeness (QED) is 0.438. The summed E-state index contributed by atoms with van der Waals surface area (Å²) in [5.74, 6) is 0.444. The predicted octanol–water partition coefficient (Wildman–Crippen LogP) is 5.91. The first-order valence-electron chi connectivity index (χ1n) is 10.2. The SMILES string of the molecule is CN(C=O)Cc1cc(C(F)(F)F)cc(C(F)(F)F)c1.Cc1cc(F)ccc1C1CCCNC1. The Morgan fingerprint density at radius 3 is 2.09 bits per heavy atom. The highest BCUT2D eigenvalue weighted by Gasteiger charge is 2.36. The zero-order valence-electron chi connectivity index (χ0n) is 18.2. The molecule has 1 unspecified atom stereocenters. The third kappa shape index (κ3) is 8.03. The fourth-order valence-corrected chi connectivity index (χ4v) is 3.65. The molecule has 1 atom stereocenters. The van der Waals surface area contributed by atoms with Gasteiger partial charge in [0.25, 0.3) is 0 Å². The van der Waals surface area contributed by atoms with Crippen LogP contribution in [0, 0.1) is 12.7 Å². The van der Waals surface area contributed by atoms with Crippen LogP contribution in [0.5, 0.6) is 0 Å². The van der Waals surface area contributed by atoms with E-state index in [1.807, 2.05) is 13.0 Å². The second-order valence-corrected chi connectivity index (χ2v) is 7.98. The van der Waals surface area contributed by atoms with E-state index in [0.717, 1.165) is 23.6 Å². The first-order chi connectivity index (χ1) is 15.3. The van der Waals surface area contributed by atoms with E-state index in [0.29, 0.717) is 24.5 Å². The van der Waals surface area contributed by atoms with Crippen molar-refractivity contribution in [2.75, 3.05) is 20.1 Å². The molecule has 1 aliphatic heterocycles. The van der Waals surface area contributed by atoms with Crippen molar-refractivity contribution in [3.8, 4) is 0 Å². The molecule has 0 bridgehead atoms. The van der Waals surface area contributed by atoms with E-state index in [9.17, 15) is 35.5 Å². The van der Waals surface area contributed by atoms with Crippen LogP contribution in [0.2, 0.25) is 0 Å². The van der Waals surface area contributed by atoms with Crippen LogP contribution >= 0.6 is 0 Å². The van der Waals surface area contributed by atoms with Crippen LogP contribution in [0.3, 0.4) is 0 Å². The van der Waals surface area contributed by atoms with E-state index in [4.69, 9.17) is 0 Å². The minimum absolute atomic E-state index is 0.0460. The lowest BCUT2D eigenvalue weighted by Gasteiger charge is -2.24. The molecule has 0 aliphatic carbocycles. The van der Waals surface area contributed by atoms with Crippen LogP contribution in [0.15, 0.2) is 36.4 Å². The molecule has 0 radical (unpaired) electrons. The molecule has 1 amide bonds. The van der Waals surface area contributed by atoms with Gasteiger partial charge >= 0.3 is 12.4 Å². The lowest BCUT2D eigenvalue weighted by Crippen LogP contribution is -2.28. The standard InChI is InChI=1S/C12H16FN.C11H9F6NO/c1-9-7-11(13)4-5-12(9)10-3-2-6-14-8-10;1-18(6-19)5-7-2-8(10(12,13)14)4-9(3-7)11(15,16)17/h4-5,7,10,14H,2-3,6,8H2,1H3;2-4,6H,5H2,1H3. The van der Waals surface area contributed by atoms with Gasteiger partial charge in [0.05, 0.1) is 11.1 Å². The summed E-state index contributed by atoms with van der Waals surface area (Å²) in [6, 6.07) is 6.36. The highest BCUT2D eigenvalue weighted by molar-refractivity contribution is 5.47. The molecule has 3 nitrogen and oxygen atoms in total. The maximum absolute atomic E-state index is 12.9. The largest absolute Gasteiger partial charge is 0.416 e. The number of aryl methyl sites for hydroxylation is 1. The third-order valence-corrected chi connectivity index (χ3v) is 5.23. The highest BCUT2D eigenvalue weighted by atomic mass is 19.4. The van der Waals surface area contributed by atoms with E-state index in [-0.39, 0.29) is 24.0 Å². The molecule has 1 saturated heterocycles. The molecule has 1 N–H and O–H groups in total. The third-order valence-electron chi connectivity index (χ3n) is 5.23. The molecule has 182 valence electrons. The number of benzene rings is 2. The molecule has 0 saturated carbocycles. The lowest BCUT2D eigenvalue weighted by molar-refractivity contribution is -0.143. The smallest absolute Gasteiger partial charge is 0.344 e. The van der Waals surface area contributed by atoms with Gasteiger partial charge in [0.2, 0.25) is 6.41 Å². The molecule has 2 aromatic carbocycles. The molecule has 2 aromatic rings. The first-order valence-corrected chi connectivity index (χ1v) is 10.2. The highest BCUT2D eigenvalue weighted by Crippen LogP contribution is 2.36. The van der Waals surface area contributed by atoms with E-state index in [1.165, 1.54) is 25.5 Å². The van der Waals surface area contributed by atoms with E-state index in [1.54, 1.807) is 12.1 Å². The van der Waals surface area contributed by atoms with Crippen LogP contribution in [0.4, 0.5) is 30.7 Å². The number of piperidine rings is 1. The van der Waals surface area contributed by atoms with Gasteiger partial charge in [-0.05, 0) is 79.3 Å². The summed E-state index contributed by atoms with van der Waals surface area (Å²) in [5.41, 5.74) is -0.637. The van der Waals surface area contributed by atoms with Crippen molar-refractivity contribution in [1.29, 1.82) is 0 Å². The van der Waals surface area contributed by atoms with Gasteiger partial charge in [0.1, 0.15) is 5.82 Å². The lowest BCUT2D eigenvalue weighted by atomic mass is 9.89. The van der Waals surface area contributed by atoms with Gasteiger partial charge in [-0.2, -0.15) is 26.3 Å². The van der Waals surface area contributed by atoms with Gasteiger partial charge in [-0.15, -0.1) is 0 Å². The van der Waals surface area contributed by atoms with Crippen LogP contribution in [-0.4, -0.2) is 31.4 Å². The van der Waals surface area contributed by atoms with Gasteiger partial charge in [-0.1, -0.05) is 6.07 Å². The summed E-state index contributed by atoms with van der Waals surface area (Å²) < 4.78 is 87.9. The zero-order valence-corrected chi connectivity index (χ0v) is 18.2. The summed E-state index contributed by atoms with van der Waals surface area (Å²) in [7, 11) is 1.25. The average Bonchev–Trinajstić information content (AvgIpc) is 2.73. The molecule has 1 fully saturated rings. The number of rotatable bonds is 4. The molecule has 0 aromatic heterocycles. The maximum atomic E-state index is 12.9. The Morgan fingerprint density at radius 2 is 1.64 bits per heavy atom. The summed E-state index contributed by atoms with van der Waals surface area (Å²) >= 11 is 0. The summed E-state index contributed by atoms with van der Waals surface area (Å²) in [4.78, 5) is 11.3. The molecule has 0 spiro atoms. The summed E-state index contributed by atoms with van der Waals surface area (Å²) in [6.45, 7) is 3.81. The number of alkyl halides is 6. The molecule has 3 rings (SSSR count). The minimum atomic E-state index is -4.88. The van der Waals surface area contributed by atoms with Crippen molar-refractivity contribution in [3.63, 3.8) is 0 Å². The zero-order chi connectivity index (χ0) is 24.8. The topological polar surface area (TPSA) is 32.3 Å². The molecule has 10 heteroatoms. The average molecular weight is 478 g/mol. The number of amides is 1. The second-order valence-electron chi connectivity index (χ2n) is 7.98. The van der Waals surface area contributed by atoms with Gasteiger partial charge < -0.3 is 10.2 Å². The molecular formula is C23H25F7N2O. The predicted molar refractivity (Wildman–Crippen MR) is 110 cm³/mol. The van der Waals surface area contributed by atoms with Crippen molar-refractivity contribution >= 4 is 6.41 Å². The molecular weight excluding hydrogens is 453 g/mol. The normalized spacial score (nSPS) is 16.6. The number of hydrogen-bond donors (Lipinski definition) is 1. The number of carbonyl (C=O) groups excluding carboxylic acids is 1. The van der Waals surface area contributed by atoms with Gasteiger partial charge in [0.15, 0.2) is 0 Å². The van der Waals surface area contributed by atoms with Crippen molar-refractivity contribution in [2.45, 2.75) is 44.6 Å². The Bertz CT molecular complexity index is 903. The Balaban J connectivity index is 0.000000243. The van der Waals surface area contributed by atoms with Crippen LogP contribution < -0.4 is 5.32 Å². The van der Waals surface area contributed by atoms with E-state index < -0.39 is 23.5 Å². The Morgan fingerprint density at radius 1 is 1.03 bits per heavy atom. The van der Waals surface area contributed by atoms with Gasteiger partial charge in [-0.3, -0.25) is 4.79 Å². The number of halogens is 7. The molecule has 1 heterocycles. The number of nitrogens with one attached hydrogen (secondary N) is 1. The van der Waals surface area contributed by atoms with Crippen molar-refractivity contribution in [1.82, 2.24) is 10.2 Å². The summed E-state index contributed by atoms with van der Waals surface area (Å²) in [5, 5.41) is 3.38. The monoisotopic (exact) mass is 478 g/mol. The van der Waals surface area contributed by atoms with Gasteiger partial charge in [0, 0.05) is 20.1 Å². The fraction of sp³-hybridized carbons (Fsp3) is 0.435. The second kappa shape index (κ2) is 11.0. The van der Waals surface area contributed by atoms with Crippen molar-refractivity contribution in [2.24, 2.45) is 0 Å². The van der Waals surface area contributed by atoms with Crippen molar-refractivity contribution in [3.05, 3.63) is 70.0 Å². The Labute approximate surface area is 187 Å². The van der Waals surface area contributed by atoms with Gasteiger partial charge in [-0.25, -0.2) is 4.39 Å². The minimum Gasteiger partial charge on any atom is -0.344 e. The molecule has 33 heavy (non-hydrogen) atoms. The fourth-order valence-electron chi connectivity index (χ4n) is 3.65. The van der Waals surface area contributed by atoms with Crippen LogP contribution in [-0.2, 0) is 23.7 Å². The maximum Gasteiger partial charge on any atom is 0.416 e. The Hall–Kier alpha value is -2.62. The van der Waals surface area contributed by atoms with Crippen LogP contribution in [0.1, 0.15) is 46.6 Å². The number of nitrogens with zero attached hydrogens (tertiary/aromatic N) is 1. The number of hydrogen-bond acceptors (Lipinski definition) is 2. The summed E-state index contributed by atoms with van der Waals surface area (Å²) in [6.07, 6.45) is -7.00. The number of carbonyl (C=O) groups is 1. The van der Waals surface area contributed by atoms with Crippen molar-refractivity contribution < 1.29 is 35.5 Å².